The van der Waals surface area contributed by atoms with E-state index in [1.807, 2.05) is 35.1 Å². The summed E-state index contributed by atoms with van der Waals surface area (Å²) < 4.78 is 13.5. The van der Waals surface area contributed by atoms with Crippen LogP contribution in [0.5, 0.6) is 11.5 Å². The normalized spacial score (nSPS) is 20.4. The number of piperidine rings is 1. The molecule has 35 heavy (non-hydrogen) atoms. The molecule has 3 aliphatic rings. The van der Waals surface area contributed by atoms with E-state index < -0.39 is 0 Å². The zero-order valence-electron chi connectivity index (χ0n) is 19.8. The van der Waals surface area contributed by atoms with Gasteiger partial charge in [0.2, 0.25) is 0 Å². The van der Waals surface area contributed by atoms with Crippen LogP contribution in [0, 0.1) is 12.3 Å². The fraction of sp³-hybridized carbons (Fsp3) is 0.370. The Hall–Kier alpha value is -3.65. The van der Waals surface area contributed by atoms with Gasteiger partial charge in [-0.3, -0.25) is 4.98 Å². The molecule has 2 aliphatic heterocycles. The first-order valence-corrected chi connectivity index (χ1v) is 12.3. The summed E-state index contributed by atoms with van der Waals surface area (Å²) in [5.41, 5.74) is 13.2. The van der Waals surface area contributed by atoms with Gasteiger partial charge in [0, 0.05) is 36.6 Å². The lowest BCUT2D eigenvalue weighted by Gasteiger charge is -2.42. The maximum atomic E-state index is 6.76. The zero-order chi connectivity index (χ0) is 23.6. The van der Waals surface area contributed by atoms with Crippen LogP contribution in [0.15, 0.2) is 48.8 Å². The number of benzene rings is 1. The van der Waals surface area contributed by atoms with E-state index in [9.17, 15) is 0 Å². The quantitative estimate of drug-likeness (QED) is 0.480. The molecule has 1 aromatic carbocycles. The highest BCUT2D eigenvalue weighted by molar-refractivity contribution is 5.76. The molecule has 8 heteroatoms. The van der Waals surface area contributed by atoms with Gasteiger partial charge < -0.3 is 20.1 Å². The first kappa shape index (κ1) is 20.7. The number of ether oxygens (including phenoxy) is 2. The largest absolute Gasteiger partial charge is 0.486 e. The van der Waals surface area contributed by atoms with Crippen LogP contribution in [-0.2, 0) is 6.42 Å². The van der Waals surface area contributed by atoms with Crippen LogP contribution >= 0.6 is 0 Å². The molecule has 5 heterocycles. The van der Waals surface area contributed by atoms with E-state index in [-0.39, 0.29) is 11.5 Å². The zero-order valence-corrected chi connectivity index (χ0v) is 19.8. The summed E-state index contributed by atoms with van der Waals surface area (Å²) in [7, 11) is 0. The van der Waals surface area contributed by atoms with Crippen LogP contribution < -0.4 is 20.1 Å². The van der Waals surface area contributed by atoms with Crippen molar-refractivity contribution in [3.8, 4) is 22.8 Å². The van der Waals surface area contributed by atoms with Crippen LogP contribution in [0.2, 0.25) is 0 Å². The van der Waals surface area contributed by atoms with E-state index in [1.165, 1.54) is 11.3 Å². The molecule has 4 aromatic rings. The lowest BCUT2D eigenvalue weighted by molar-refractivity contribution is 0.171. The molecular formula is C27H28N6O2. The van der Waals surface area contributed by atoms with Crippen molar-refractivity contribution in [2.75, 3.05) is 31.2 Å². The topological polar surface area (TPSA) is 90.8 Å². The Morgan fingerprint density at radius 3 is 2.69 bits per heavy atom. The highest BCUT2D eigenvalue weighted by Gasteiger charge is 2.46. The molecule has 1 spiro atoms. The van der Waals surface area contributed by atoms with Gasteiger partial charge in [-0.15, -0.1) is 0 Å². The van der Waals surface area contributed by atoms with Gasteiger partial charge in [-0.05, 0) is 67.5 Å². The van der Waals surface area contributed by atoms with Crippen molar-refractivity contribution in [1.82, 2.24) is 19.6 Å². The molecule has 0 amide bonds. The van der Waals surface area contributed by atoms with E-state index >= 15 is 0 Å². The molecule has 1 aliphatic carbocycles. The SMILES string of the molecule is Cc1nc(N2CCC3(CC2)Cc2ncccc2[C@H]3N)c2ccnn2c1-c1ccc2c(c1)OCCO2. The summed E-state index contributed by atoms with van der Waals surface area (Å²) >= 11 is 0. The Morgan fingerprint density at radius 2 is 1.86 bits per heavy atom. The molecule has 3 aromatic heterocycles. The van der Waals surface area contributed by atoms with Crippen LogP contribution in [-0.4, -0.2) is 45.9 Å². The van der Waals surface area contributed by atoms with E-state index in [2.05, 4.69) is 40.1 Å². The monoisotopic (exact) mass is 468 g/mol. The van der Waals surface area contributed by atoms with E-state index in [0.717, 1.165) is 72.1 Å². The molecule has 8 nitrogen and oxygen atoms in total. The molecule has 1 fully saturated rings. The predicted molar refractivity (Wildman–Crippen MR) is 133 cm³/mol. The fourth-order valence-electron chi connectivity index (χ4n) is 6.13. The molecule has 0 unspecified atom stereocenters. The van der Waals surface area contributed by atoms with Gasteiger partial charge in [-0.2, -0.15) is 5.10 Å². The number of anilines is 1. The maximum Gasteiger partial charge on any atom is 0.162 e. The smallest absolute Gasteiger partial charge is 0.162 e. The summed E-state index contributed by atoms with van der Waals surface area (Å²) in [6, 6.07) is 12.3. The Labute approximate surface area is 203 Å². The minimum Gasteiger partial charge on any atom is -0.486 e. The average Bonchev–Trinajstić information content (AvgIpc) is 3.47. The minimum atomic E-state index is 0.0515. The minimum absolute atomic E-state index is 0.0515. The van der Waals surface area contributed by atoms with Gasteiger partial charge in [0.15, 0.2) is 17.3 Å². The molecule has 1 saturated heterocycles. The van der Waals surface area contributed by atoms with Gasteiger partial charge in [0.25, 0.3) is 0 Å². The number of rotatable bonds is 2. The van der Waals surface area contributed by atoms with Gasteiger partial charge >= 0.3 is 0 Å². The summed E-state index contributed by atoms with van der Waals surface area (Å²) in [6.45, 7) is 5.02. The summed E-state index contributed by atoms with van der Waals surface area (Å²) in [6.07, 6.45) is 6.74. The second kappa shape index (κ2) is 7.68. The van der Waals surface area contributed by atoms with Crippen LogP contribution in [0.3, 0.4) is 0 Å². The van der Waals surface area contributed by atoms with Crippen molar-refractivity contribution < 1.29 is 9.47 Å². The molecular weight excluding hydrogens is 440 g/mol. The van der Waals surface area contributed by atoms with Crippen molar-refractivity contribution in [3.63, 3.8) is 0 Å². The van der Waals surface area contributed by atoms with E-state index in [4.69, 9.17) is 20.2 Å². The highest BCUT2D eigenvalue weighted by atomic mass is 16.6. The van der Waals surface area contributed by atoms with Crippen molar-refractivity contribution in [2.24, 2.45) is 11.1 Å². The number of nitrogens with two attached hydrogens (primary N) is 1. The molecule has 2 N–H and O–H groups in total. The second-order valence-corrected chi connectivity index (χ2v) is 9.90. The Balaban J connectivity index is 1.21. The second-order valence-electron chi connectivity index (χ2n) is 9.90. The molecule has 0 radical (unpaired) electrons. The van der Waals surface area contributed by atoms with Crippen molar-refractivity contribution >= 4 is 11.3 Å². The summed E-state index contributed by atoms with van der Waals surface area (Å²) in [4.78, 5) is 12.1. The first-order valence-electron chi connectivity index (χ1n) is 12.3. The predicted octanol–water partition coefficient (Wildman–Crippen LogP) is 3.71. The lowest BCUT2D eigenvalue weighted by atomic mass is 9.73. The molecule has 7 rings (SSSR count). The third-order valence-corrected chi connectivity index (χ3v) is 8.01. The number of pyridine rings is 1. The Kier molecular flexibility index (Phi) is 4.54. The number of fused-ring (bicyclic) bond motifs is 3. The molecule has 0 bridgehead atoms. The summed E-state index contributed by atoms with van der Waals surface area (Å²) in [5.74, 6) is 2.53. The lowest BCUT2D eigenvalue weighted by Crippen LogP contribution is -2.44. The van der Waals surface area contributed by atoms with E-state index in [0.29, 0.717) is 13.2 Å². The van der Waals surface area contributed by atoms with Crippen molar-refractivity contribution in [3.05, 3.63) is 65.7 Å². The number of aromatic nitrogens is 4. The molecule has 0 saturated carbocycles. The highest BCUT2D eigenvalue weighted by Crippen LogP contribution is 2.50. The number of nitrogens with zero attached hydrogens (tertiary/aromatic N) is 5. The van der Waals surface area contributed by atoms with E-state index in [1.54, 1.807) is 0 Å². The van der Waals surface area contributed by atoms with Gasteiger partial charge in [-0.1, -0.05) is 6.07 Å². The van der Waals surface area contributed by atoms with Crippen molar-refractivity contribution in [2.45, 2.75) is 32.2 Å². The average molecular weight is 469 g/mol. The van der Waals surface area contributed by atoms with Gasteiger partial charge in [0.1, 0.15) is 18.7 Å². The molecule has 1 atom stereocenters. The maximum absolute atomic E-state index is 6.76. The van der Waals surface area contributed by atoms with Crippen molar-refractivity contribution in [1.29, 1.82) is 0 Å². The number of aryl methyl sites for hydroxylation is 1. The van der Waals surface area contributed by atoms with Crippen LogP contribution in [0.4, 0.5) is 5.82 Å². The summed E-state index contributed by atoms with van der Waals surface area (Å²) in [5, 5.41) is 4.68. The Bertz CT molecular complexity index is 1440. The standard InChI is InChI=1S/C27H28N6O2/c1-17-24(18-4-5-22-23(15-18)35-14-13-34-22)33-21(6-10-30-33)26(31-17)32-11-7-27(8-12-32)16-20-19(25(27)28)3-2-9-29-20/h2-6,9-10,15,25H,7-8,11-14,16,28H2,1H3/t25-/m1/s1. The van der Waals surface area contributed by atoms with Gasteiger partial charge in [-0.25, -0.2) is 9.50 Å². The van der Waals surface area contributed by atoms with Crippen LogP contribution in [0.25, 0.3) is 16.8 Å². The number of hydrogen-bond donors (Lipinski definition) is 1. The third-order valence-electron chi connectivity index (χ3n) is 8.01. The Morgan fingerprint density at radius 1 is 1.03 bits per heavy atom. The van der Waals surface area contributed by atoms with Gasteiger partial charge in [0.05, 0.1) is 17.6 Å². The third kappa shape index (κ3) is 3.13. The molecule has 178 valence electrons. The number of hydrogen-bond acceptors (Lipinski definition) is 7. The first-order chi connectivity index (χ1) is 17.1. The van der Waals surface area contributed by atoms with Crippen LogP contribution in [0.1, 0.15) is 35.8 Å². The fourth-order valence-corrected chi connectivity index (χ4v) is 6.13.